The lowest BCUT2D eigenvalue weighted by molar-refractivity contribution is 0.158. The molecule has 0 bridgehead atoms. The molecule has 0 aromatic heterocycles. The van der Waals surface area contributed by atoms with E-state index in [2.05, 4.69) is 0 Å². The third-order valence-corrected chi connectivity index (χ3v) is 5.45. The van der Waals surface area contributed by atoms with Crippen LogP contribution in [0.1, 0.15) is 32.1 Å². The molecule has 0 atom stereocenters. The summed E-state index contributed by atoms with van der Waals surface area (Å²) in [5.41, 5.74) is 0. The molecule has 0 amide bonds. The molecule has 0 saturated heterocycles. The molecule has 5 heteroatoms. The minimum absolute atomic E-state index is 0.400. The summed E-state index contributed by atoms with van der Waals surface area (Å²) in [5.74, 6) is 1.37. The highest BCUT2D eigenvalue weighted by Gasteiger charge is 2.32. The van der Waals surface area contributed by atoms with E-state index in [1.54, 1.807) is 24.3 Å². The Morgan fingerprint density at radius 2 is 1.29 bits per heavy atom. The van der Waals surface area contributed by atoms with E-state index in [1.807, 2.05) is 36.4 Å². The second-order valence-corrected chi connectivity index (χ2v) is 7.57. The first-order valence-electron chi connectivity index (χ1n) is 8.47. The lowest BCUT2D eigenvalue weighted by atomic mass is 9.90. The van der Waals surface area contributed by atoms with Crippen molar-refractivity contribution in [3.8, 4) is 11.5 Å². The first-order valence-corrected chi connectivity index (χ1v) is 9.93. The van der Waals surface area contributed by atoms with Gasteiger partial charge in [0.05, 0.1) is 6.61 Å². The predicted octanol–water partition coefficient (Wildman–Crippen LogP) is 5.85. The summed E-state index contributed by atoms with van der Waals surface area (Å²) in [6, 6.07) is 18.0. The summed E-state index contributed by atoms with van der Waals surface area (Å²) in [5, 5.41) is 0. The normalized spacial score (nSPS) is 15.8. The fraction of sp³-hybridized carbons (Fsp3) is 0.368. The average molecular weight is 346 g/mol. The van der Waals surface area contributed by atoms with E-state index in [1.165, 1.54) is 19.3 Å². The molecule has 1 aliphatic carbocycles. The average Bonchev–Trinajstić information content (AvgIpc) is 2.63. The van der Waals surface area contributed by atoms with Crippen molar-refractivity contribution < 1.29 is 18.1 Å². The minimum atomic E-state index is -3.73. The summed E-state index contributed by atoms with van der Waals surface area (Å²) < 4.78 is 30.0. The van der Waals surface area contributed by atoms with E-state index in [4.69, 9.17) is 13.6 Å². The van der Waals surface area contributed by atoms with Crippen molar-refractivity contribution in [1.82, 2.24) is 0 Å². The zero-order chi connectivity index (χ0) is 16.7. The fourth-order valence-electron chi connectivity index (χ4n) is 2.84. The zero-order valence-corrected chi connectivity index (χ0v) is 14.6. The number of para-hydroxylation sites is 2. The third-order valence-electron chi connectivity index (χ3n) is 4.11. The van der Waals surface area contributed by atoms with Crippen LogP contribution in [0.3, 0.4) is 0 Å². The van der Waals surface area contributed by atoms with Crippen molar-refractivity contribution in [3.05, 3.63) is 60.7 Å². The topological polar surface area (TPSA) is 44.8 Å². The van der Waals surface area contributed by atoms with Gasteiger partial charge in [-0.25, -0.2) is 4.57 Å². The van der Waals surface area contributed by atoms with Crippen LogP contribution < -0.4 is 9.05 Å². The summed E-state index contributed by atoms with van der Waals surface area (Å²) >= 11 is 0. The smallest absolute Gasteiger partial charge is 0.395 e. The van der Waals surface area contributed by atoms with Crippen LogP contribution in [0, 0.1) is 5.92 Å². The number of rotatable bonds is 7. The van der Waals surface area contributed by atoms with Gasteiger partial charge in [-0.1, -0.05) is 55.7 Å². The van der Waals surface area contributed by atoms with Crippen LogP contribution in [-0.2, 0) is 9.09 Å². The molecule has 1 aliphatic rings. The Morgan fingerprint density at radius 1 is 0.792 bits per heavy atom. The van der Waals surface area contributed by atoms with Gasteiger partial charge in [0, 0.05) is 0 Å². The maximum absolute atomic E-state index is 13.1. The van der Waals surface area contributed by atoms with E-state index >= 15 is 0 Å². The zero-order valence-electron chi connectivity index (χ0n) is 13.7. The van der Waals surface area contributed by atoms with Crippen molar-refractivity contribution in [1.29, 1.82) is 0 Å². The first kappa shape index (κ1) is 17.1. The number of benzene rings is 2. The Kier molecular flexibility index (Phi) is 5.95. The second-order valence-electron chi connectivity index (χ2n) is 6.06. The number of hydrogen-bond donors (Lipinski definition) is 0. The largest absolute Gasteiger partial charge is 0.587 e. The Morgan fingerprint density at radius 3 is 1.79 bits per heavy atom. The molecule has 3 rings (SSSR count). The van der Waals surface area contributed by atoms with Gasteiger partial charge in [0.2, 0.25) is 0 Å². The van der Waals surface area contributed by atoms with Crippen LogP contribution in [-0.4, -0.2) is 6.61 Å². The van der Waals surface area contributed by atoms with Crippen LogP contribution in [0.25, 0.3) is 0 Å². The molecule has 0 heterocycles. The van der Waals surface area contributed by atoms with Gasteiger partial charge in [-0.2, -0.15) is 0 Å². The predicted molar refractivity (Wildman–Crippen MR) is 94.3 cm³/mol. The molecule has 4 nitrogen and oxygen atoms in total. The van der Waals surface area contributed by atoms with Crippen LogP contribution in [0.4, 0.5) is 0 Å². The third kappa shape index (κ3) is 5.12. The molecular formula is C19H23O4P. The Bertz CT molecular complexity index is 608. The van der Waals surface area contributed by atoms with Gasteiger partial charge in [0.1, 0.15) is 11.5 Å². The van der Waals surface area contributed by atoms with Crippen molar-refractivity contribution >= 4 is 7.82 Å². The van der Waals surface area contributed by atoms with Gasteiger partial charge < -0.3 is 9.05 Å². The molecule has 0 spiro atoms. The molecule has 2 aromatic rings. The maximum Gasteiger partial charge on any atom is 0.587 e. The number of phosphoric ester groups is 1. The summed E-state index contributed by atoms with van der Waals surface area (Å²) in [7, 11) is -3.73. The standard InChI is InChI=1S/C19H23O4P/c20-24(22-18-12-6-2-7-13-18,23-19-14-8-3-9-15-19)21-16-17-10-4-1-5-11-17/h2-3,6-9,12-15,17H,1,4-5,10-11,16H2. The van der Waals surface area contributed by atoms with Gasteiger partial charge >= 0.3 is 7.82 Å². The number of hydrogen-bond acceptors (Lipinski definition) is 4. The molecule has 0 aliphatic heterocycles. The molecular weight excluding hydrogens is 323 g/mol. The summed E-state index contributed by atoms with van der Waals surface area (Å²) in [4.78, 5) is 0. The maximum atomic E-state index is 13.1. The van der Waals surface area contributed by atoms with Crippen LogP contribution in [0.2, 0.25) is 0 Å². The molecule has 24 heavy (non-hydrogen) atoms. The van der Waals surface area contributed by atoms with Crippen LogP contribution in [0.15, 0.2) is 60.7 Å². The van der Waals surface area contributed by atoms with Crippen molar-refractivity contribution in [2.24, 2.45) is 5.92 Å². The lowest BCUT2D eigenvalue weighted by Gasteiger charge is -2.24. The molecule has 0 N–H and O–H groups in total. The molecule has 128 valence electrons. The summed E-state index contributed by atoms with van der Waals surface area (Å²) in [6.07, 6.45) is 5.90. The highest BCUT2D eigenvalue weighted by molar-refractivity contribution is 7.49. The second kappa shape index (κ2) is 8.36. The monoisotopic (exact) mass is 346 g/mol. The van der Waals surface area contributed by atoms with Gasteiger partial charge in [-0.15, -0.1) is 0 Å². The first-order chi connectivity index (χ1) is 11.7. The Hall–Kier alpha value is -1.77. The molecule has 0 radical (unpaired) electrons. The van der Waals surface area contributed by atoms with Gasteiger partial charge in [-0.3, -0.25) is 4.52 Å². The molecule has 1 fully saturated rings. The van der Waals surface area contributed by atoms with E-state index in [0.717, 1.165) is 12.8 Å². The summed E-state index contributed by atoms with van der Waals surface area (Å²) in [6.45, 7) is 0.400. The highest BCUT2D eigenvalue weighted by atomic mass is 31.2. The molecule has 1 saturated carbocycles. The Balaban J connectivity index is 1.70. The fourth-order valence-corrected chi connectivity index (χ4v) is 4.14. The highest BCUT2D eigenvalue weighted by Crippen LogP contribution is 2.50. The quantitative estimate of drug-likeness (QED) is 0.590. The molecule has 0 unspecified atom stereocenters. The van der Waals surface area contributed by atoms with Crippen LogP contribution in [0.5, 0.6) is 11.5 Å². The lowest BCUT2D eigenvalue weighted by Crippen LogP contribution is -2.15. The molecule has 2 aromatic carbocycles. The van der Waals surface area contributed by atoms with Crippen LogP contribution >= 0.6 is 7.82 Å². The van der Waals surface area contributed by atoms with E-state index < -0.39 is 7.82 Å². The van der Waals surface area contributed by atoms with Gasteiger partial charge in [-0.05, 0) is 43.0 Å². The van der Waals surface area contributed by atoms with E-state index in [-0.39, 0.29) is 0 Å². The van der Waals surface area contributed by atoms with Crippen molar-refractivity contribution in [2.75, 3.05) is 6.61 Å². The number of phosphoric acid groups is 1. The van der Waals surface area contributed by atoms with Gasteiger partial charge in [0.15, 0.2) is 0 Å². The SMILES string of the molecule is O=P(OCC1CCCCC1)(Oc1ccccc1)Oc1ccccc1. The minimum Gasteiger partial charge on any atom is -0.395 e. The van der Waals surface area contributed by atoms with Gasteiger partial charge in [0.25, 0.3) is 0 Å². The van der Waals surface area contributed by atoms with E-state index in [9.17, 15) is 4.57 Å². The van der Waals surface area contributed by atoms with Crippen molar-refractivity contribution in [2.45, 2.75) is 32.1 Å². The van der Waals surface area contributed by atoms with Crippen molar-refractivity contribution in [3.63, 3.8) is 0 Å². The Labute approximate surface area is 143 Å². The van der Waals surface area contributed by atoms with E-state index in [0.29, 0.717) is 24.0 Å².